The molecule has 0 saturated heterocycles. The van der Waals surface area contributed by atoms with Crippen LogP contribution in [-0.4, -0.2) is 22.5 Å². The van der Waals surface area contributed by atoms with Gasteiger partial charge in [0, 0.05) is 25.5 Å². The Morgan fingerprint density at radius 1 is 0.391 bits per heavy atom. The summed E-state index contributed by atoms with van der Waals surface area (Å²) in [5.41, 5.74) is 1.43. The highest BCUT2D eigenvalue weighted by atomic mass is 15.4. The molecule has 266 valence electrons. The van der Waals surface area contributed by atoms with Crippen LogP contribution in [0.1, 0.15) is 218 Å². The summed E-state index contributed by atoms with van der Waals surface area (Å²) in [4.78, 5) is 5.29. The third-order valence-corrected chi connectivity index (χ3v) is 10.5. The van der Waals surface area contributed by atoms with Crippen LogP contribution in [0.4, 0.5) is 0 Å². The zero-order valence-corrected chi connectivity index (χ0v) is 31.3. The van der Waals surface area contributed by atoms with E-state index in [9.17, 15) is 0 Å². The molecule has 0 spiro atoms. The number of benzene rings is 1. The first-order valence-corrected chi connectivity index (χ1v) is 21.1. The first kappa shape index (κ1) is 40.7. The number of rotatable bonds is 34. The zero-order valence-electron chi connectivity index (χ0n) is 31.3. The van der Waals surface area contributed by atoms with Crippen molar-refractivity contribution in [3.8, 4) is 0 Å². The van der Waals surface area contributed by atoms with Gasteiger partial charge in [-0.2, -0.15) is 0 Å². The highest BCUT2D eigenvalue weighted by molar-refractivity contribution is 5.16. The van der Waals surface area contributed by atoms with Crippen molar-refractivity contribution in [3.63, 3.8) is 0 Å². The van der Waals surface area contributed by atoms with Crippen LogP contribution in [0.15, 0.2) is 42.7 Å². The van der Waals surface area contributed by atoms with E-state index >= 15 is 0 Å². The molecular weight excluding hydrogens is 556 g/mol. The molecule has 1 aliphatic rings. The molecule has 0 amide bonds. The van der Waals surface area contributed by atoms with Gasteiger partial charge >= 0.3 is 0 Å². The molecular formula is C44H80N2. The minimum Gasteiger partial charge on any atom is -0.356 e. The van der Waals surface area contributed by atoms with Crippen LogP contribution < -0.4 is 0 Å². The van der Waals surface area contributed by atoms with Gasteiger partial charge in [0.25, 0.3) is 0 Å². The molecule has 1 aromatic carbocycles. The largest absolute Gasteiger partial charge is 0.356 e. The summed E-state index contributed by atoms with van der Waals surface area (Å²) in [7, 11) is 0. The van der Waals surface area contributed by atoms with Gasteiger partial charge in [-0.15, -0.1) is 0 Å². The average Bonchev–Trinajstić information content (AvgIpc) is 3.45. The molecule has 0 saturated carbocycles. The van der Waals surface area contributed by atoms with Crippen molar-refractivity contribution in [1.82, 2.24) is 9.80 Å². The lowest BCUT2D eigenvalue weighted by Gasteiger charge is -2.33. The Balaban J connectivity index is 1.51. The number of hydrogen-bond donors (Lipinski definition) is 0. The summed E-state index contributed by atoms with van der Waals surface area (Å²) in [5, 5.41) is 0. The van der Waals surface area contributed by atoms with Gasteiger partial charge in [0.1, 0.15) is 6.17 Å². The van der Waals surface area contributed by atoms with Crippen LogP contribution in [0, 0.1) is 0 Å². The van der Waals surface area contributed by atoms with Gasteiger partial charge < -0.3 is 9.80 Å². The fourth-order valence-corrected chi connectivity index (χ4v) is 7.43. The van der Waals surface area contributed by atoms with E-state index in [1.807, 2.05) is 0 Å². The highest BCUT2D eigenvalue weighted by Crippen LogP contribution is 2.25. The van der Waals surface area contributed by atoms with Crippen LogP contribution in [0.3, 0.4) is 0 Å². The lowest BCUT2D eigenvalue weighted by Crippen LogP contribution is -2.38. The number of unbranched alkanes of at least 4 members (excludes halogenated alkanes) is 28. The summed E-state index contributed by atoms with van der Waals surface area (Å²) in [6.07, 6.45) is 49.8. The normalized spacial score (nSPS) is 14.6. The molecule has 0 N–H and O–H groups in total. The third-order valence-electron chi connectivity index (χ3n) is 10.5. The van der Waals surface area contributed by atoms with Gasteiger partial charge in [-0.05, 0) is 24.8 Å². The standard InChI is InChI=1S/C44H80N2/c1-3-5-7-9-11-13-15-17-19-21-23-25-27-29-34-38-44-45(40-41-46(44)42-43-36-32-31-33-37-43)39-35-30-28-26-24-22-20-18-16-14-12-10-8-6-4-2/h31-33,36-37,40-41,44H,3-30,34-35,38-39,42H2,1-2H3. The Morgan fingerprint density at radius 3 is 1.15 bits per heavy atom. The van der Waals surface area contributed by atoms with Crippen molar-refractivity contribution < 1.29 is 0 Å². The first-order valence-electron chi connectivity index (χ1n) is 21.1. The van der Waals surface area contributed by atoms with Crippen LogP contribution in [0.5, 0.6) is 0 Å². The topological polar surface area (TPSA) is 6.48 Å². The molecule has 1 aromatic rings. The summed E-state index contributed by atoms with van der Waals surface area (Å²) < 4.78 is 0. The minimum absolute atomic E-state index is 0.550. The molecule has 2 heteroatoms. The van der Waals surface area contributed by atoms with Crippen molar-refractivity contribution in [3.05, 3.63) is 48.3 Å². The van der Waals surface area contributed by atoms with E-state index in [-0.39, 0.29) is 0 Å². The minimum atomic E-state index is 0.550. The van der Waals surface area contributed by atoms with Crippen molar-refractivity contribution >= 4 is 0 Å². The Labute approximate surface area is 289 Å². The number of hydrogen-bond acceptors (Lipinski definition) is 2. The predicted molar refractivity (Wildman–Crippen MR) is 206 cm³/mol. The summed E-state index contributed by atoms with van der Waals surface area (Å²) in [6.45, 7) is 6.88. The smallest absolute Gasteiger partial charge is 0.101 e. The summed E-state index contributed by atoms with van der Waals surface area (Å²) >= 11 is 0. The van der Waals surface area contributed by atoms with E-state index in [2.05, 4.69) is 66.4 Å². The maximum atomic E-state index is 2.68. The van der Waals surface area contributed by atoms with Crippen LogP contribution in [-0.2, 0) is 6.54 Å². The summed E-state index contributed by atoms with van der Waals surface area (Å²) in [6, 6.07) is 11.1. The molecule has 1 heterocycles. The average molecular weight is 637 g/mol. The van der Waals surface area contributed by atoms with Gasteiger partial charge in [0.05, 0.1) is 0 Å². The van der Waals surface area contributed by atoms with E-state index in [4.69, 9.17) is 0 Å². The van der Waals surface area contributed by atoms with Gasteiger partial charge in [-0.1, -0.05) is 224 Å². The lowest BCUT2D eigenvalue weighted by atomic mass is 10.0. The van der Waals surface area contributed by atoms with Crippen LogP contribution in [0.2, 0.25) is 0 Å². The fraction of sp³-hybridized carbons (Fsp3) is 0.818. The monoisotopic (exact) mass is 637 g/mol. The molecule has 0 fully saturated rings. The van der Waals surface area contributed by atoms with Crippen molar-refractivity contribution in [2.24, 2.45) is 0 Å². The lowest BCUT2D eigenvalue weighted by molar-refractivity contribution is 0.132. The highest BCUT2D eigenvalue weighted by Gasteiger charge is 2.25. The SMILES string of the molecule is CCCCCCCCCCCCCCCCCC1N(CCCCCCCCCCCCCCCCC)C=CN1Cc1ccccc1. The molecule has 0 radical (unpaired) electrons. The quantitative estimate of drug-likeness (QED) is 0.0694. The predicted octanol–water partition coefficient (Wildman–Crippen LogP) is 14.7. The second-order valence-electron chi connectivity index (χ2n) is 14.9. The van der Waals surface area contributed by atoms with Gasteiger partial charge in [-0.3, -0.25) is 0 Å². The Morgan fingerprint density at radius 2 is 0.739 bits per heavy atom. The maximum Gasteiger partial charge on any atom is 0.101 e. The van der Waals surface area contributed by atoms with Crippen LogP contribution >= 0.6 is 0 Å². The van der Waals surface area contributed by atoms with E-state index in [0.29, 0.717) is 6.17 Å². The van der Waals surface area contributed by atoms with E-state index in [0.717, 1.165) is 6.54 Å². The molecule has 0 aliphatic carbocycles. The molecule has 2 nitrogen and oxygen atoms in total. The zero-order chi connectivity index (χ0) is 32.6. The third kappa shape index (κ3) is 22.2. The first-order chi connectivity index (χ1) is 22.8. The molecule has 1 aliphatic heterocycles. The molecule has 2 rings (SSSR count). The maximum absolute atomic E-state index is 2.68. The second-order valence-corrected chi connectivity index (χ2v) is 14.9. The Hall–Kier alpha value is -1.44. The van der Waals surface area contributed by atoms with Gasteiger partial charge in [-0.25, -0.2) is 0 Å². The molecule has 0 bridgehead atoms. The fourth-order valence-electron chi connectivity index (χ4n) is 7.43. The van der Waals surface area contributed by atoms with Crippen molar-refractivity contribution in [2.75, 3.05) is 6.54 Å². The Kier molecular flexibility index (Phi) is 27.3. The number of nitrogens with zero attached hydrogens (tertiary/aromatic N) is 2. The summed E-state index contributed by atoms with van der Waals surface area (Å²) in [5.74, 6) is 0. The Bertz CT molecular complexity index is 773. The van der Waals surface area contributed by atoms with E-state index in [1.54, 1.807) is 0 Å². The molecule has 1 atom stereocenters. The van der Waals surface area contributed by atoms with Crippen molar-refractivity contribution in [1.29, 1.82) is 0 Å². The van der Waals surface area contributed by atoms with Crippen LogP contribution in [0.25, 0.3) is 0 Å². The van der Waals surface area contributed by atoms with E-state index < -0.39 is 0 Å². The second kappa shape index (κ2) is 30.9. The van der Waals surface area contributed by atoms with Gasteiger partial charge in [0.15, 0.2) is 0 Å². The molecule has 1 unspecified atom stereocenters. The van der Waals surface area contributed by atoms with Crippen molar-refractivity contribution in [2.45, 2.75) is 226 Å². The van der Waals surface area contributed by atoms with Gasteiger partial charge in [0.2, 0.25) is 0 Å². The molecule has 0 aromatic heterocycles. The van der Waals surface area contributed by atoms with E-state index in [1.165, 1.54) is 211 Å². The molecule has 46 heavy (non-hydrogen) atoms.